The molecule has 0 saturated carbocycles. The number of nitrogens with zero attached hydrogens (tertiary/aromatic N) is 2. The number of esters is 2. The largest absolute Gasteiger partial charge is 0.386 e. The maximum atomic E-state index is 13.3. The molecule has 0 atom stereocenters. The van der Waals surface area contributed by atoms with Gasteiger partial charge in [-0.15, -0.1) is 0 Å². The smallest absolute Gasteiger partial charge is 0.346 e. The van der Waals surface area contributed by atoms with Crippen LogP contribution in [-0.2, 0) is 4.74 Å². The number of hydrogen-bond acceptors (Lipinski definition) is 7. The first-order valence-corrected chi connectivity index (χ1v) is 13.0. The van der Waals surface area contributed by atoms with Gasteiger partial charge in [0.1, 0.15) is 0 Å². The Kier molecular flexibility index (Phi) is 8.37. The summed E-state index contributed by atoms with van der Waals surface area (Å²) in [5, 5.41) is 24.1. The third kappa shape index (κ3) is 6.04. The minimum atomic E-state index is -0.991. The molecule has 0 amide bonds. The molecule has 0 bridgehead atoms. The van der Waals surface area contributed by atoms with Crippen molar-refractivity contribution in [2.75, 3.05) is 0 Å². The zero-order chi connectivity index (χ0) is 29.8. The fourth-order valence-corrected chi connectivity index (χ4v) is 4.71. The Balaban J connectivity index is 1.80. The van der Waals surface area contributed by atoms with Crippen molar-refractivity contribution in [2.24, 2.45) is 0 Å². The second kappa shape index (κ2) is 11.9. The first kappa shape index (κ1) is 28.8. The van der Waals surface area contributed by atoms with Crippen LogP contribution < -0.4 is 0 Å². The minimum absolute atomic E-state index is 0.0271. The molecule has 4 aromatic carbocycles. The lowest BCUT2D eigenvalue weighted by molar-refractivity contribution is -0.385. The summed E-state index contributed by atoms with van der Waals surface area (Å²) in [5.41, 5.74) is 1.85. The van der Waals surface area contributed by atoms with Gasteiger partial charge in [0.2, 0.25) is 0 Å². The van der Waals surface area contributed by atoms with E-state index in [1.807, 2.05) is 0 Å². The van der Waals surface area contributed by atoms with Crippen LogP contribution in [0.2, 0.25) is 0 Å². The monoisotopic (exact) mass is 552 g/mol. The Hall–Kier alpha value is -5.18. The van der Waals surface area contributed by atoms with E-state index in [4.69, 9.17) is 4.74 Å². The molecular weight excluding hydrogens is 524 g/mol. The molecule has 0 aliphatic rings. The number of ether oxygens (including phenoxy) is 1. The number of nitro benzene ring substituents is 2. The third-order valence-corrected chi connectivity index (χ3v) is 6.71. The van der Waals surface area contributed by atoms with Gasteiger partial charge in [0.25, 0.3) is 11.4 Å². The molecule has 0 spiro atoms. The quantitative estimate of drug-likeness (QED) is 0.0934. The van der Waals surface area contributed by atoms with Gasteiger partial charge in [0, 0.05) is 11.1 Å². The van der Waals surface area contributed by atoms with Gasteiger partial charge in [-0.3, -0.25) is 20.2 Å². The lowest BCUT2D eigenvalue weighted by atomic mass is 9.91. The standard InChI is InChI=1S/C32H28N2O7/c1-19(2)25-15-23(17-27(29(25)33(37)38)21-11-7-5-8-12-21)31(35)41-32(36)24-16-26(20(3)4)30(34(39)40)28(18-24)22-13-9-6-10-14-22/h5-20H,1-4H3. The Morgan fingerprint density at radius 2 is 0.951 bits per heavy atom. The normalized spacial score (nSPS) is 11.0. The Bertz CT molecular complexity index is 1520. The lowest BCUT2D eigenvalue weighted by Gasteiger charge is -2.15. The second-order valence-electron chi connectivity index (χ2n) is 10.2. The molecule has 0 fully saturated rings. The van der Waals surface area contributed by atoms with Crippen LogP contribution in [0.15, 0.2) is 84.9 Å². The highest BCUT2D eigenvalue weighted by Crippen LogP contribution is 2.39. The van der Waals surface area contributed by atoms with Gasteiger partial charge >= 0.3 is 11.9 Å². The SMILES string of the molecule is CC(C)c1cc(C(=O)OC(=O)c2cc(-c3ccccc3)c([N+](=O)[O-])c(C(C)C)c2)cc(-c2ccccc2)c1[N+](=O)[O-]. The van der Waals surface area contributed by atoms with E-state index in [0.717, 1.165) is 0 Å². The second-order valence-corrected chi connectivity index (χ2v) is 10.2. The summed E-state index contributed by atoms with van der Waals surface area (Å²) in [6.07, 6.45) is 0. The molecule has 0 aliphatic carbocycles. The van der Waals surface area contributed by atoms with Gasteiger partial charge in [0.05, 0.1) is 32.1 Å². The van der Waals surface area contributed by atoms with Crippen LogP contribution in [0, 0.1) is 20.2 Å². The van der Waals surface area contributed by atoms with Crippen molar-refractivity contribution in [3.05, 3.63) is 127 Å². The summed E-state index contributed by atoms with van der Waals surface area (Å²) in [7, 11) is 0. The van der Waals surface area contributed by atoms with E-state index in [9.17, 15) is 29.8 Å². The summed E-state index contributed by atoms with van der Waals surface area (Å²) < 4.78 is 5.26. The molecular formula is C32H28N2O7. The zero-order valence-electron chi connectivity index (χ0n) is 23.0. The van der Waals surface area contributed by atoms with E-state index in [2.05, 4.69) is 0 Å². The predicted molar refractivity (Wildman–Crippen MR) is 155 cm³/mol. The Morgan fingerprint density at radius 3 is 1.24 bits per heavy atom. The fraction of sp³-hybridized carbons (Fsp3) is 0.188. The molecule has 9 heteroatoms. The van der Waals surface area contributed by atoms with Crippen LogP contribution in [-0.4, -0.2) is 21.8 Å². The molecule has 4 aromatic rings. The summed E-state index contributed by atoms with van der Waals surface area (Å²) in [6.45, 7) is 7.08. The predicted octanol–water partition coefficient (Wildman–Crippen LogP) is 8.08. The third-order valence-electron chi connectivity index (χ3n) is 6.71. The molecule has 0 unspecified atom stereocenters. The van der Waals surface area contributed by atoms with Gasteiger partial charge in [-0.25, -0.2) is 9.59 Å². The van der Waals surface area contributed by atoms with Crippen molar-refractivity contribution in [3.8, 4) is 22.3 Å². The van der Waals surface area contributed by atoms with Crippen molar-refractivity contribution in [1.29, 1.82) is 0 Å². The zero-order valence-corrected chi connectivity index (χ0v) is 23.0. The number of hydrogen-bond donors (Lipinski definition) is 0. The van der Waals surface area contributed by atoms with Crippen molar-refractivity contribution in [3.63, 3.8) is 0 Å². The molecule has 0 aromatic heterocycles. The van der Waals surface area contributed by atoms with Crippen LogP contribution >= 0.6 is 0 Å². The highest BCUT2D eigenvalue weighted by Gasteiger charge is 2.29. The maximum absolute atomic E-state index is 13.3. The topological polar surface area (TPSA) is 130 Å². The van der Waals surface area contributed by atoms with Crippen LogP contribution in [0.5, 0.6) is 0 Å². The molecule has 0 aliphatic heterocycles. The van der Waals surface area contributed by atoms with E-state index >= 15 is 0 Å². The first-order valence-electron chi connectivity index (χ1n) is 13.0. The van der Waals surface area contributed by atoms with Gasteiger partial charge in [-0.1, -0.05) is 88.4 Å². The summed E-state index contributed by atoms with van der Waals surface area (Å²) in [5.74, 6) is -2.60. The Morgan fingerprint density at radius 1 is 0.610 bits per heavy atom. The van der Waals surface area contributed by atoms with Gasteiger partial charge < -0.3 is 4.74 Å². The van der Waals surface area contributed by atoms with Crippen molar-refractivity contribution in [2.45, 2.75) is 39.5 Å². The molecule has 0 saturated heterocycles. The van der Waals surface area contributed by atoms with Gasteiger partial charge in [-0.05, 0) is 47.2 Å². The highest BCUT2D eigenvalue weighted by molar-refractivity contribution is 6.04. The van der Waals surface area contributed by atoms with Crippen LogP contribution in [0.1, 0.15) is 71.4 Å². The van der Waals surface area contributed by atoms with Crippen LogP contribution in [0.25, 0.3) is 22.3 Å². The number of carbonyl (C=O) groups excluding carboxylic acids is 2. The maximum Gasteiger partial charge on any atom is 0.346 e. The number of benzene rings is 4. The van der Waals surface area contributed by atoms with Gasteiger partial charge in [-0.2, -0.15) is 0 Å². The van der Waals surface area contributed by atoms with E-state index in [1.54, 1.807) is 88.4 Å². The van der Waals surface area contributed by atoms with E-state index < -0.39 is 21.8 Å². The van der Waals surface area contributed by atoms with Crippen molar-refractivity contribution in [1.82, 2.24) is 0 Å². The van der Waals surface area contributed by atoms with E-state index in [-0.39, 0.29) is 45.5 Å². The van der Waals surface area contributed by atoms with Crippen molar-refractivity contribution >= 4 is 23.3 Å². The average molecular weight is 553 g/mol. The fourth-order valence-electron chi connectivity index (χ4n) is 4.71. The van der Waals surface area contributed by atoms with E-state index in [0.29, 0.717) is 22.3 Å². The molecule has 0 radical (unpaired) electrons. The number of nitro groups is 2. The minimum Gasteiger partial charge on any atom is -0.386 e. The summed E-state index contributed by atoms with van der Waals surface area (Å²) in [4.78, 5) is 49.8. The summed E-state index contributed by atoms with van der Waals surface area (Å²) >= 11 is 0. The number of rotatable bonds is 8. The average Bonchev–Trinajstić information content (AvgIpc) is 2.96. The van der Waals surface area contributed by atoms with E-state index in [1.165, 1.54) is 24.3 Å². The summed E-state index contributed by atoms with van der Waals surface area (Å²) in [6, 6.07) is 22.7. The molecule has 208 valence electrons. The number of carbonyl (C=O) groups is 2. The molecule has 9 nitrogen and oxygen atoms in total. The Labute approximate surface area is 236 Å². The van der Waals surface area contributed by atoms with Crippen LogP contribution in [0.3, 0.4) is 0 Å². The van der Waals surface area contributed by atoms with Crippen LogP contribution in [0.4, 0.5) is 11.4 Å². The molecule has 0 heterocycles. The van der Waals surface area contributed by atoms with Gasteiger partial charge in [0.15, 0.2) is 0 Å². The first-order chi connectivity index (χ1) is 19.5. The molecule has 41 heavy (non-hydrogen) atoms. The molecule has 0 N–H and O–H groups in total. The lowest BCUT2D eigenvalue weighted by Crippen LogP contribution is -2.15. The highest BCUT2D eigenvalue weighted by atomic mass is 16.6. The molecule has 4 rings (SSSR count). The van der Waals surface area contributed by atoms with Crippen molar-refractivity contribution < 1.29 is 24.2 Å².